The number of nitrogens with one attached hydrogen (secondary N) is 2. The molecule has 2 rings (SSSR count). The number of hydrogen-bond acceptors (Lipinski definition) is 4. The Morgan fingerprint density at radius 3 is 2.70 bits per heavy atom. The molecule has 0 saturated carbocycles. The largest absolute Gasteiger partial charge is 0.494 e. The number of halogens is 1. The zero-order valence-electron chi connectivity index (χ0n) is 10.9. The lowest BCUT2D eigenvalue weighted by Crippen LogP contribution is -2.27. The molecule has 0 saturated heterocycles. The molecule has 108 valence electrons. The number of benzene rings is 1. The molecular weight excluding hydrogens is 285 g/mol. The Balaban J connectivity index is 2.20. The fourth-order valence-corrected chi connectivity index (χ4v) is 2.85. The highest BCUT2D eigenvalue weighted by Gasteiger charge is 2.20. The molecular formula is C12H14FN3O3S. The summed E-state index contributed by atoms with van der Waals surface area (Å²) in [6.07, 6.45) is 1.34. The number of sulfonamides is 1. The van der Waals surface area contributed by atoms with Gasteiger partial charge in [-0.3, -0.25) is 5.10 Å². The first-order chi connectivity index (χ1) is 9.44. The molecule has 0 aliphatic carbocycles. The topological polar surface area (TPSA) is 84.1 Å². The van der Waals surface area contributed by atoms with E-state index in [1.807, 2.05) is 0 Å². The molecule has 8 heteroatoms. The smallest absolute Gasteiger partial charge is 0.258 e. The van der Waals surface area contributed by atoms with Gasteiger partial charge in [0.15, 0.2) is 16.6 Å². The van der Waals surface area contributed by atoms with Gasteiger partial charge in [-0.2, -0.15) is 5.10 Å². The number of methoxy groups -OCH3 is 1. The van der Waals surface area contributed by atoms with Crippen LogP contribution in [-0.2, 0) is 10.0 Å². The molecule has 1 unspecified atom stereocenters. The Morgan fingerprint density at radius 2 is 2.15 bits per heavy atom. The third-order valence-corrected chi connectivity index (χ3v) is 4.24. The van der Waals surface area contributed by atoms with Gasteiger partial charge in [-0.25, -0.2) is 17.5 Å². The van der Waals surface area contributed by atoms with Gasteiger partial charge in [0.2, 0.25) is 0 Å². The number of nitrogens with zero attached hydrogens (tertiary/aromatic N) is 1. The van der Waals surface area contributed by atoms with Crippen LogP contribution < -0.4 is 9.46 Å². The van der Waals surface area contributed by atoms with E-state index in [1.165, 1.54) is 31.5 Å². The van der Waals surface area contributed by atoms with Crippen molar-refractivity contribution in [2.75, 3.05) is 7.11 Å². The van der Waals surface area contributed by atoms with Gasteiger partial charge >= 0.3 is 0 Å². The molecule has 0 bridgehead atoms. The summed E-state index contributed by atoms with van der Waals surface area (Å²) < 4.78 is 44.8. The van der Waals surface area contributed by atoms with Crippen molar-refractivity contribution in [3.05, 3.63) is 41.8 Å². The maximum atomic E-state index is 13.6. The van der Waals surface area contributed by atoms with E-state index in [2.05, 4.69) is 14.9 Å². The average molecular weight is 299 g/mol. The van der Waals surface area contributed by atoms with Crippen LogP contribution in [-0.4, -0.2) is 25.7 Å². The number of aromatic nitrogens is 2. The molecule has 6 nitrogen and oxygen atoms in total. The maximum Gasteiger partial charge on any atom is 0.258 e. The van der Waals surface area contributed by atoms with Gasteiger partial charge in [0.05, 0.1) is 13.3 Å². The molecule has 0 aliphatic rings. The van der Waals surface area contributed by atoms with Crippen LogP contribution in [0.1, 0.15) is 18.5 Å². The molecule has 0 fully saturated rings. The fraction of sp³-hybridized carbons (Fsp3) is 0.250. The Morgan fingerprint density at radius 1 is 1.40 bits per heavy atom. The molecule has 1 aromatic heterocycles. The van der Waals surface area contributed by atoms with E-state index in [9.17, 15) is 12.8 Å². The number of H-pyrrole nitrogens is 1. The lowest BCUT2D eigenvalue weighted by Gasteiger charge is -2.14. The molecule has 0 spiro atoms. The Labute approximate surface area is 116 Å². The van der Waals surface area contributed by atoms with Gasteiger partial charge in [-0.05, 0) is 30.7 Å². The quantitative estimate of drug-likeness (QED) is 0.878. The normalized spacial score (nSPS) is 13.2. The van der Waals surface area contributed by atoms with Crippen LogP contribution in [0.25, 0.3) is 0 Å². The maximum absolute atomic E-state index is 13.6. The molecule has 0 radical (unpaired) electrons. The van der Waals surface area contributed by atoms with E-state index < -0.39 is 21.9 Å². The standard InChI is InChI=1S/C12H14FN3O3S/c1-8(9-3-4-11(19-2)10(13)7-9)16-20(17,18)12-5-6-14-15-12/h3-8,16H,1-2H3,(H,14,15). The zero-order valence-corrected chi connectivity index (χ0v) is 11.7. The van der Waals surface area contributed by atoms with Crippen LogP contribution in [0.5, 0.6) is 5.75 Å². The Bertz CT molecular complexity index is 686. The van der Waals surface area contributed by atoms with Gasteiger partial charge in [-0.1, -0.05) is 6.07 Å². The molecule has 1 heterocycles. The van der Waals surface area contributed by atoms with Crippen LogP contribution in [0.15, 0.2) is 35.5 Å². The van der Waals surface area contributed by atoms with Crippen LogP contribution in [0.2, 0.25) is 0 Å². The summed E-state index contributed by atoms with van der Waals surface area (Å²) in [5.74, 6) is -0.435. The van der Waals surface area contributed by atoms with E-state index in [4.69, 9.17) is 4.74 Å². The van der Waals surface area contributed by atoms with Crippen molar-refractivity contribution < 1.29 is 17.5 Å². The van der Waals surface area contributed by atoms with Crippen molar-refractivity contribution in [3.63, 3.8) is 0 Å². The minimum Gasteiger partial charge on any atom is -0.494 e. The van der Waals surface area contributed by atoms with E-state index >= 15 is 0 Å². The molecule has 0 aliphatic heterocycles. The van der Waals surface area contributed by atoms with Crippen molar-refractivity contribution >= 4 is 10.0 Å². The van der Waals surface area contributed by atoms with E-state index in [-0.39, 0.29) is 10.8 Å². The summed E-state index contributed by atoms with van der Waals surface area (Å²) in [6.45, 7) is 1.62. The van der Waals surface area contributed by atoms with Gasteiger partial charge < -0.3 is 4.74 Å². The second-order valence-electron chi connectivity index (χ2n) is 4.16. The molecule has 2 N–H and O–H groups in total. The first-order valence-corrected chi connectivity index (χ1v) is 7.27. The first-order valence-electron chi connectivity index (χ1n) is 5.79. The minimum atomic E-state index is -3.71. The highest BCUT2D eigenvalue weighted by atomic mass is 32.2. The van der Waals surface area contributed by atoms with E-state index in [0.29, 0.717) is 5.56 Å². The lowest BCUT2D eigenvalue weighted by molar-refractivity contribution is 0.386. The summed E-state index contributed by atoms with van der Waals surface area (Å²) >= 11 is 0. The zero-order chi connectivity index (χ0) is 14.8. The van der Waals surface area contributed by atoms with Gasteiger partial charge in [0.25, 0.3) is 10.0 Å². The van der Waals surface area contributed by atoms with Crippen LogP contribution in [0.3, 0.4) is 0 Å². The third kappa shape index (κ3) is 2.97. The Hall–Kier alpha value is -1.93. The van der Waals surface area contributed by atoms with Crippen molar-refractivity contribution in [1.82, 2.24) is 14.9 Å². The number of rotatable bonds is 5. The molecule has 1 atom stereocenters. The van der Waals surface area contributed by atoms with Gasteiger partial charge in [0, 0.05) is 6.04 Å². The summed E-state index contributed by atoms with van der Waals surface area (Å²) in [5, 5.41) is 5.91. The monoisotopic (exact) mass is 299 g/mol. The second-order valence-corrected chi connectivity index (χ2v) is 5.84. The SMILES string of the molecule is COc1ccc(C(C)NS(=O)(=O)c2ccn[nH]2)cc1F. The minimum absolute atomic E-state index is 0.0432. The first kappa shape index (κ1) is 14.5. The molecule has 20 heavy (non-hydrogen) atoms. The van der Waals surface area contributed by atoms with Gasteiger partial charge in [-0.15, -0.1) is 0 Å². The molecule has 0 amide bonds. The molecule has 2 aromatic rings. The van der Waals surface area contributed by atoms with Crippen molar-refractivity contribution in [2.24, 2.45) is 0 Å². The summed E-state index contributed by atoms with van der Waals surface area (Å²) in [5.41, 5.74) is 0.492. The van der Waals surface area contributed by atoms with Crippen molar-refractivity contribution in [1.29, 1.82) is 0 Å². The van der Waals surface area contributed by atoms with Crippen LogP contribution in [0.4, 0.5) is 4.39 Å². The van der Waals surface area contributed by atoms with Crippen LogP contribution in [0, 0.1) is 5.82 Å². The predicted octanol–water partition coefficient (Wildman–Crippen LogP) is 1.60. The number of hydrogen-bond donors (Lipinski definition) is 2. The second kappa shape index (κ2) is 5.59. The fourth-order valence-electron chi connectivity index (χ4n) is 1.71. The highest BCUT2D eigenvalue weighted by molar-refractivity contribution is 7.89. The average Bonchev–Trinajstić information content (AvgIpc) is 2.92. The molecule has 1 aromatic carbocycles. The lowest BCUT2D eigenvalue weighted by atomic mass is 10.1. The summed E-state index contributed by atoms with van der Waals surface area (Å²) in [4.78, 5) is 0. The predicted molar refractivity (Wildman–Crippen MR) is 70.3 cm³/mol. The van der Waals surface area contributed by atoms with Crippen LogP contribution >= 0.6 is 0 Å². The summed E-state index contributed by atoms with van der Waals surface area (Å²) in [6, 6.07) is 5.03. The number of aromatic amines is 1. The Kier molecular flexibility index (Phi) is 4.05. The summed E-state index contributed by atoms with van der Waals surface area (Å²) in [7, 11) is -2.35. The van der Waals surface area contributed by atoms with Gasteiger partial charge in [0.1, 0.15) is 0 Å². The number of ether oxygens (including phenoxy) is 1. The van der Waals surface area contributed by atoms with E-state index in [0.717, 1.165) is 0 Å². The van der Waals surface area contributed by atoms with Crippen molar-refractivity contribution in [2.45, 2.75) is 18.0 Å². The van der Waals surface area contributed by atoms with Crippen molar-refractivity contribution in [3.8, 4) is 5.75 Å². The highest BCUT2D eigenvalue weighted by Crippen LogP contribution is 2.22. The van der Waals surface area contributed by atoms with E-state index in [1.54, 1.807) is 13.0 Å². The third-order valence-electron chi connectivity index (χ3n) is 2.77.